The summed E-state index contributed by atoms with van der Waals surface area (Å²) in [5, 5.41) is 7.29. The second-order valence-corrected chi connectivity index (χ2v) is 3.33. The van der Waals surface area contributed by atoms with Gasteiger partial charge in [0.2, 0.25) is 0 Å². The number of pyridine rings is 1. The number of hydrogen-bond acceptors (Lipinski definition) is 4. The van der Waals surface area contributed by atoms with Gasteiger partial charge in [-0.1, -0.05) is 0 Å². The summed E-state index contributed by atoms with van der Waals surface area (Å²) in [6.07, 6.45) is -3.45. The van der Waals surface area contributed by atoms with Crippen LogP contribution in [0.3, 0.4) is 0 Å². The van der Waals surface area contributed by atoms with E-state index in [1.165, 1.54) is 24.3 Å². The molecule has 0 atom stereocenters. The Morgan fingerprint density at radius 2 is 1.89 bits per heavy atom. The zero-order chi connectivity index (χ0) is 13.2. The number of aliphatic imine (C=N–C) groups is 1. The molecule has 4 nitrogen and oxygen atoms in total. The van der Waals surface area contributed by atoms with Gasteiger partial charge < -0.3 is 0 Å². The lowest BCUT2D eigenvalue weighted by atomic mass is 10.1. The molecule has 2 heterocycles. The number of halogens is 3. The molecule has 0 radical (unpaired) electrons. The molecule has 0 fully saturated rings. The summed E-state index contributed by atoms with van der Waals surface area (Å²) in [7, 11) is 0. The summed E-state index contributed by atoms with van der Waals surface area (Å²) in [5.74, 6) is 0.246. The number of nitrogens with zero attached hydrogens (tertiary/aromatic N) is 4. The molecule has 2 aromatic heterocycles. The topological polar surface area (TPSA) is 51.0 Å². The number of hydrogen-bond donors (Lipinski definition) is 0. The van der Waals surface area contributed by atoms with Gasteiger partial charge in [-0.2, -0.15) is 13.2 Å². The molecule has 0 aliphatic heterocycles. The van der Waals surface area contributed by atoms with E-state index in [2.05, 4.69) is 26.9 Å². The largest absolute Gasteiger partial charge is 0.434 e. The van der Waals surface area contributed by atoms with Gasteiger partial charge in [0.15, 0.2) is 11.5 Å². The maximum atomic E-state index is 12.7. The highest BCUT2D eigenvalue weighted by atomic mass is 19.4. The number of rotatable bonds is 2. The van der Waals surface area contributed by atoms with Crippen LogP contribution >= 0.6 is 0 Å². The van der Waals surface area contributed by atoms with Crippen LogP contribution in [0.2, 0.25) is 0 Å². The van der Waals surface area contributed by atoms with Gasteiger partial charge in [-0.25, -0.2) is 4.99 Å². The van der Waals surface area contributed by atoms with Crippen molar-refractivity contribution in [2.45, 2.75) is 6.18 Å². The predicted molar refractivity (Wildman–Crippen MR) is 59.5 cm³/mol. The lowest BCUT2D eigenvalue weighted by Crippen LogP contribution is -2.10. The summed E-state index contributed by atoms with van der Waals surface area (Å²) in [4.78, 5) is 6.86. The lowest BCUT2D eigenvalue weighted by molar-refractivity contribution is -0.140. The average Bonchev–Trinajstić information content (AvgIpc) is 2.38. The summed E-state index contributed by atoms with van der Waals surface area (Å²) in [6.45, 7) is 3.25. The molecule has 0 bridgehead atoms. The highest BCUT2D eigenvalue weighted by molar-refractivity contribution is 5.62. The van der Waals surface area contributed by atoms with Crippen molar-refractivity contribution in [3.8, 4) is 11.3 Å². The molecule has 0 unspecified atom stereocenters. The van der Waals surface area contributed by atoms with Gasteiger partial charge in [0.1, 0.15) is 0 Å². The van der Waals surface area contributed by atoms with E-state index in [9.17, 15) is 13.2 Å². The fourth-order valence-corrected chi connectivity index (χ4v) is 1.39. The third-order valence-electron chi connectivity index (χ3n) is 2.16. The SMILES string of the molecule is C=Nc1ccc(-c2cccnc2C(F)(F)F)nn1. The standard InChI is InChI=1S/C11H7F3N4/c1-15-9-5-4-8(17-18-9)7-3-2-6-16-10(7)11(12,13)14/h2-6H,1H2. The van der Waals surface area contributed by atoms with Crippen LogP contribution in [0.1, 0.15) is 5.69 Å². The molecule has 2 aromatic rings. The summed E-state index contributed by atoms with van der Waals surface area (Å²) >= 11 is 0. The smallest absolute Gasteiger partial charge is 0.251 e. The van der Waals surface area contributed by atoms with Crippen molar-refractivity contribution in [3.05, 3.63) is 36.2 Å². The highest BCUT2D eigenvalue weighted by Gasteiger charge is 2.35. The summed E-state index contributed by atoms with van der Waals surface area (Å²) < 4.78 is 38.2. The van der Waals surface area contributed by atoms with Crippen LogP contribution < -0.4 is 0 Å². The van der Waals surface area contributed by atoms with E-state index >= 15 is 0 Å². The maximum absolute atomic E-state index is 12.7. The summed E-state index contributed by atoms with van der Waals surface area (Å²) in [5.41, 5.74) is -1.02. The van der Waals surface area contributed by atoms with Crippen molar-refractivity contribution in [1.82, 2.24) is 15.2 Å². The van der Waals surface area contributed by atoms with E-state index in [4.69, 9.17) is 0 Å². The van der Waals surface area contributed by atoms with E-state index in [0.717, 1.165) is 6.20 Å². The zero-order valence-electron chi connectivity index (χ0n) is 9.02. The minimum Gasteiger partial charge on any atom is -0.251 e. The molecule has 2 rings (SSSR count). The first kappa shape index (κ1) is 12.2. The minimum absolute atomic E-state index is 0.0859. The average molecular weight is 252 g/mol. The van der Waals surface area contributed by atoms with Crippen LogP contribution in [-0.4, -0.2) is 21.9 Å². The second-order valence-electron chi connectivity index (χ2n) is 3.33. The lowest BCUT2D eigenvalue weighted by Gasteiger charge is -2.10. The second kappa shape index (κ2) is 4.52. The molecule has 0 aromatic carbocycles. The zero-order valence-corrected chi connectivity index (χ0v) is 9.02. The molecule has 92 valence electrons. The monoisotopic (exact) mass is 252 g/mol. The molecule has 0 N–H and O–H groups in total. The summed E-state index contributed by atoms with van der Waals surface area (Å²) in [6, 6.07) is 5.53. The maximum Gasteiger partial charge on any atom is 0.434 e. The van der Waals surface area contributed by atoms with Crippen LogP contribution in [0.15, 0.2) is 35.5 Å². The molecule has 0 aliphatic rings. The van der Waals surface area contributed by atoms with Crippen LogP contribution in [0.25, 0.3) is 11.3 Å². The Hall–Kier alpha value is -2.31. The Balaban J connectivity index is 2.53. The van der Waals surface area contributed by atoms with Gasteiger partial charge in [-0.05, 0) is 31.0 Å². The van der Waals surface area contributed by atoms with E-state index in [-0.39, 0.29) is 17.1 Å². The van der Waals surface area contributed by atoms with Crippen molar-refractivity contribution < 1.29 is 13.2 Å². The third-order valence-corrected chi connectivity index (χ3v) is 2.16. The Labute approximate surface area is 100 Å². The number of alkyl halides is 3. The molecule has 18 heavy (non-hydrogen) atoms. The third kappa shape index (κ3) is 2.34. The van der Waals surface area contributed by atoms with Gasteiger partial charge in [0.25, 0.3) is 0 Å². The molecule has 0 aliphatic carbocycles. The molecular weight excluding hydrogens is 245 g/mol. The fourth-order valence-electron chi connectivity index (χ4n) is 1.39. The first-order chi connectivity index (χ1) is 8.52. The van der Waals surface area contributed by atoms with E-state index < -0.39 is 11.9 Å². The first-order valence-corrected chi connectivity index (χ1v) is 4.85. The quantitative estimate of drug-likeness (QED) is 0.772. The Morgan fingerprint density at radius 3 is 2.44 bits per heavy atom. The van der Waals surface area contributed by atoms with E-state index in [1.54, 1.807) is 0 Å². The van der Waals surface area contributed by atoms with Crippen molar-refractivity contribution in [1.29, 1.82) is 0 Å². The Kier molecular flexibility index (Phi) is 3.05. The van der Waals surface area contributed by atoms with Crippen molar-refractivity contribution in [3.63, 3.8) is 0 Å². The van der Waals surface area contributed by atoms with Crippen LogP contribution in [0, 0.1) is 0 Å². The van der Waals surface area contributed by atoms with E-state index in [0.29, 0.717) is 0 Å². The minimum atomic E-state index is -4.53. The molecule has 7 heteroatoms. The molecule has 0 saturated heterocycles. The first-order valence-electron chi connectivity index (χ1n) is 4.85. The van der Waals surface area contributed by atoms with Gasteiger partial charge in [0.05, 0.1) is 5.69 Å². The van der Waals surface area contributed by atoms with Crippen molar-refractivity contribution >= 4 is 12.5 Å². The van der Waals surface area contributed by atoms with Crippen LogP contribution in [-0.2, 0) is 6.18 Å². The fraction of sp³-hybridized carbons (Fsp3) is 0.0909. The van der Waals surface area contributed by atoms with Gasteiger partial charge >= 0.3 is 6.18 Å². The van der Waals surface area contributed by atoms with Gasteiger partial charge in [-0.15, -0.1) is 10.2 Å². The number of aromatic nitrogens is 3. The van der Waals surface area contributed by atoms with Crippen molar-refractivity contribution in [2.75, 3.05) is 0 Å². The van der Waals surface area contributed by atoms with Crippen molar-refractivity contribution in [2.24, 2.45) is 4.99 Å². The van der Waals surface area contributed by atoms with Gasteiger partial charge in [0, 0.05) is 11.8 Å². The molecule has 0 saturated carbocycles. The van der Waals surface area contributed by atoms with Gasteiger partial charge in [-0.3, -0.25) is 4.98 Å². The normalized spacial score (nSPS) is 11.3. The van der Waals surface area contributed by atoms with Crippen LogP contribution in [0.5, 0.6) is 0 Å². The molecule has 0 amide bonds. The van der Waals surface area contributed by atoms with Crippen LogP contribution in [0.4, 0.5) is 19.0 Å². The molecular formula is C11H7F3N4. The van der Waals surface area contributed by atoms with E-state index in [1.807, 2.05) is 0 Å². The highest BCUT2D eigenvalue weighted by Crippen LogP contribution is 2.34. The Bertz CT molecular complexity index is 563. The Morgan fingerprint density at radius 1 is 1.11 bits per heavy atom. The predicted octanol–water partition coefficient (Wildman–Crippen LogP) is 2.89. The molecule has 0 spiro atoms.